The molecule has 1 amide bonds. The summed E-state index contributed by atoms with van der Waals surface area (Å²) in [7, 11) is -4.12. The fourth-order valence-electron chi connectivity index (χ4n) is 2.29. The van der Waals surface area contributed by atoms with Crippen LogP contribution in [0.25, 0.3) is 0 Å². The van der Waals surface area contributed by atoms with E-state index in [0.29, 0.717) is 12.1 Å². The van der Waals surface area contributed by atoms with Gasteiger partial charge in [0.1, 0.15) is 0 Å². The van der Waals surface area contributed by atoms with Crippen molar-refractivity contribution in [1.82, 2.24) is 10.3 Å². The Bertz CT molecular complexity index is 628. The summed E-state index contributed by atoms with van der Waals surface area (Å²) in [6, 6.07) is 2.20. The normalized spacial score (nSPS) is 16.7. The first-order chi connectivity index (χ1) is 9.90. The zero-order chi connectivity index (χ0) is 15.5. The second-order valence-corrected chi connectivity index (χ2v) is 6.69. The van der Waals surface area contributed by atoms with Gasteiger partial charge in [-0.15, -0.1) is 4.83 Å². The first kappa shape index (κ1) is 15.8. The van der Waals surface area contributed by atoms with E-state index in [-0.39, 0.29) is 5.92 Å². The number of amides is 1. The lowest BCUT2D eigenvalue weighted by Crippen LogP contribution is -2.44. The van der Waals surface area contributed by atoms with Crippen molar-refractivity contribution in [1.29, 1.82) is 0 Å². The molecule has 21 heavy (non-hydrogen) atoms. The lowest BCUT2D eigenvalue weighted by molar-refractivity contribution is -0.126. The first-order valence-corrected chi connectivity index (χ1v) is 8.15. The largest absolute Gasteiger partial charge is 0.277 e. The van der Waals surface area contributed by atoms with Gasteiger partial charge in [0, 0.05) is 5.92 Å². The Morgan fingerprint density at radius 3 is 2.38 bits per heavy atom. The number of hydrogen-bond acceptors (Lipinski definition) is 3. The number of halogens is 2. The minimum absolute atomic E-state index is 0.216. The lowest BCUT2D eigenvalue weighted by atomic mass is 9.89. The van der Waals surface area contributed by atoms with Gasteiger partial charge in [0.25, 0.3) is 10.0 Å². The smallest absolute Gasteiger partial charge is 0.257 e. The van der Waals surface area contributed by atoms with Crippen LogP contribution in [-0.4, -0.2) is 14.3 Å². The molecule has 0 atom stereocenters. The summed E-state index contributed by atoms with van der Waals surface area (Å²) in [4.78, 5) is 13.3. The molecule has 1 aromatic carbocycles. The number of hydrogen-bond donors (Lipinski definition) is 2. The SMILES string of the molecule is O=C(NNS(=O)(=O)c1ccc(F)c(F)c1)C1CCCCC1. The second kappa shape index (κ2) is 6.48. The van der Waals surface area contributed by atoms with Crippen molar-refractivity contribution >= 4 is 15.9 Å². The average Bonchev–Trinajstić information content (AvgIpc) is 2.48. The molecule has 1 saturated carbocycles. The third-order valence-corrected chi connectivity index (χ3v) is 4.73. The monoisotopic (exact) mass is 318 g/mol. The van der Waals surface area contributed by atoms with Gasteiger partial charge in [-0.2, -0.15) is 0 Å². The predicted octanol–water partition coefficient (Wildman–Crippen LogP) is 1.85. The molecule has 2 N–H and O–H groups in total. The number of hydrazine groups is 1. The Morgan fingerprint density at radius 2 is 1.76 bits per heavy atom. The van der Waals surface area contributed by atoms with Gasteiger partial charge in [0.15, 0.2) is 11.6 Å². The van der Waals surface area contributed by atoms with E-state index >= 15 is 0 Å². The third kappa shape index (κ3) is 3.98. The van der Waals surface area contributed by atoms with Crippen LogP contribution >= 0.6 is 0 Å². The summed E-state index contributed by atoms with van der Waals surface area (Å²) in [5.41, 5.74) is 2.13. The molecule has 0 saturated heterocycles. The molecule has 0 aliphatic heterocycles. The maximum Gasteiger partial charge on any atom is 0.257 e. The van der Waals surface area contributed by atoms with Crippen LogP contribution in [0.2, 0.25) is 0 Å². The van der Waals surface area contributed by atoms with Crippen LogP contribution in [0.5, 0.6) is 0 Å². The number of nitrogens with one attached hydrogen (secondary N) is 2. The van der Waals surface area contributed by atoms with E-state index in [0.717, 1.165) is 38.2 Å². The Kier molecular flexibility index (Phi) is 4.89. The highest BCUT2D eigenvalue weighted by Crippen LogP contribution is 2.23. The van der Waals surface area contributed by atoms with E-state index in [1.165, 1.54) is 0 Å². The van der Waals surface area contributed by atoms with Gasteiger partial charge in [-0.05, 0) is 31.0 Å². The lowest BCUT2D eigenvalue weighted by Gasteiger charge is -2.20. The molecule has 1 aliphatic rings. The van der Waals surface area contributed by atoms with Gasteiger partial charge >= 0.3 is 0 Å². The van der Waals surface area contributed by atoms with Crippen molar-refractivity contribution in [3.63, 3.8) is 0 Å². The number of benzene rings is 1. The summed E-state index contributed by atoms with van der Waals surface area (Å²) in [6.45, 7) is 0. The molecule has 0 radical (unpaired) electrons. The van der Waals surface area contributed by atoms with E-state index in [2.05, 4.69) is 5.43 Å². The van der Waals surface area contributed by atoms with E-state index in [1.54, 1.807) is 0 Å². The molecular weight excluding hydrogens is 302 g/mol. The maximum atomic E-state index is 13.0. The van der Waals surface area contributed by atoms with Gasteiger partial charge in [-0.1, -0.05) is 19.3 Å². The average molecular weight is 318 g/mol. The molecule has 116 valence electrons. The van der Waals surface area contributed by atoms with Crippen molar-refractivity contribution in [2.75, 3.05) is 0 Å². The van der Waals surface area contributed by atoms with Crippen LogP contribution in [0.3, 0.4) is 0 Å². The fourth-order valence-corrected chi connectivity index (χ4v) is 3.15. The van der Waals surface area contributed by atoms with E-state index in [4.69, 9.17) is 0 Å². The third-order valence-electron chi connectivity index (χ3n) is 3.49. The van der Waals surface area contributed by atoms with Crippen LogP contribution in [-0.2, 0) is 14.8 Å². The van der Waals surface area contributed by atoms with E-state index in [9.17, 15) is 22.0 Å². The quantitative estimate of drug-likeness (QED) is 0.832. The van der Waals surface area contributed by atoms with Crippen LogP contribution in [0.15, 0.2) is 23.1 Å². The zero-order valence-electron chi connectivity index (χ0n) is 11.2. The molecule has 2 rings (SSSR count). The Hall–Kier alpha value is -1.54. The zero-order valence-corrected chi connectivity index (χ0v) is 12.1. The predicted molar refractivity (Wildman–Crippen MR) is 71.4 cm³/mol. The molecule has 0 unspecified atom stereocenters. The highest BCUT2D eigenvalue weighted by Gasteiger charge is 2.23. The summed E-state index contributed by atoms with van der Waals surface area (Å²) in [5.74, 6) is -3.02. The summed E-state index contributed by atoms with van der Waals surface area (Å²) in [5, 5.41) is 0. The number of rotatable bonds is 4. The molecule has 0 heterocycles. The highest BCUT2D eigenvalue weighted by molar-refractivity contribution is 7.89. The molecule has 8 heteroatoms. The molecule has 0 bridgehead atoms. The van der Waals surface area contributed by atoms with Crippen LogP contribution in [0.1, 0.15) is 32.1 Å². The van der Waals surface area contributed by atoms with Crippen LogP contribution in [0.4, 0.5) is 8.78 Å². The van der Waals surface area contributed by atoms with Crippen molar-refractivity contribution < 1.29 is 22.0 Å². The van der Waals surface area contributed by atoms with Gasteiger partial charge in [0.2, 0.25) is 5.91 Å². The number of carbonyl (C=O) groups is 1. The van der Waals surface area contributed by atoms with Gasteiger partial charge in [-0.3, -0.25) is 10.2 Å². The second-order valence-electron chi connectivity index (χ2n) is 5.01. The minimum Gasteiger partial charge on any atom is -0.277 e. The van der Waals surface area contributed by atoms with E-state index < -0.39 is 32.5 Å². The molecule has 1 fully saturated rings. The fraction of sp³-hybridized carbons (Fsp3) is 0.462. The molecule has 1 aromatic rings. The van der Waals surface area contributed by atoms with Gasteiger partial charge in [0.05, 0.1) is 4.90 Å². The molecular formula is C13H16F2N2O3S. The Balaban J connectivity index is 2.00. The van der Waals surface area contributed by atoms with Crippen LogP contribution < -0.4 is 10.3 Å². The summed E-state index contributed by atoms with van der Waals surface area (Å²) < 4.78 is 49.6. The minimum atomic E-state index is -4.12. The van der Waals surface area contributed by atoms with Crippen LogP contribution in [0, 0.1) is 17.6 Å². The van der Waals surface area contributed by atoms with Crippen molar-refractivity contribution in [3.8, 4) is 0 Å². The standard InChI is InChI=1S/C13H16F2N2O3S/c14-11-7-6-10(8-12(11)15)21(19,20)17-16-13(18)9-4-2-1-3-5-9/h6-9,17H,1-5H2,(H,16,18). The molecule has 5 nitrogen and oxygen atoms in total. The Labute approximate surface area is 121 Å². The van der Waals surface area contributed by atoms with E-state index in [1.807, 2.05) is 4.83 Å². The summed E-state index contributed by atoms with van der Waals surface area (Å²) >= 11 is 0. The van der Waals surface area contributed by atoms with Crippen molar-refractivity contribution in [2.45, 2.75) is 37.0 Å². The van der Waals surface area contributed by atoms with Crippen molar-refractivity contribution in [2.24, 2.45) is 5.92 Å². The molecule has 0 spiro atoms. The maximum absolute atomic E-state index is 13.0. The Morgan fingerprint density at radius 1 is 1.10 bits per heavy atom. The van der Waals surface area contributed by atoms with Crippen molar-refractivity contribution in [3.05, 3.63) is 29.8 Å². The highest BCUT2D eigenvalue weighted by atomic mass is 32.2. The van der Waals surface area contributed by atoms with Gasteiger partial charge < -0.3 is 0 Å². The van der Waals surface area contributed by atoms with Gasteiger partial charge in [-0.25, -0.2) is 17.2 Å². The summed E-state index contributed by atoms with van der Waals surface area (Å²) in [6.07, 6.45) is 4.39. The first-order valence-electron chi connectivity index (χ1n) is 6.67. The number of sulfonamides is 1. The molecule has 0 aromatic heterocycles. The topological polar surface area (TPSA) is 75.3 Å². The number of carbonyl (C=O) groups excluding carboxylic acids is 1. The molecule has 1 aliphatic carbocycles.